The van der Waals surface area contributed by atoms with Crippen molar-refractivity contribution in [2.45, 2.75) is 19.0 Å². The summed E-state index contributed by atoms with van der Waals surface area (Å²) in [5.41, 5.74) is 0.917. The van der Waals surface area contributed by atoms with Crippen molar-refractivity contribution < 1.29 is 18.7 Å². The number of piperidine rings is 1. The Hall–Kier alpha value is -1.66. The minimum atomic E-state index is -0.338. The zero-order chi connectivity index (χ0) is 16.4. The van der Waals surface area contributed by atoms with Crippen LogP contribution < -0.4 is 4.74 Å². The van der Waals surface area contributed by atoms with Gasteiger partial charge in [0.15, 0.2) is 11.6 Å². The molecule has 1 amide bonds. The van der Waals surface area contributed by atoms with Crippen LogP contribution in [0.3, 0.4) is 0 Å². The number of carbonyl (C=O) groups excluding carboxylic acids is 1. The van der Waals surface area contributed by atoms with Gasteiger partial charge in [0.2, 0.25) is 5.91 Å². The molecule has 126 valence electrons. The van der Waals surface area contributed by atoms with Crippen LogP contribution in [-0.2, 0) is 16.1 Å². The molecule has 2 fully saturated rings. The SMILES string of the molecule is COc1ccc(CN2CC[C@H]3COCC(=O)N(C)[C@H]3C2)cc1F. The summed E-state index contributed by atoms with van der Waals surface area (Å²) in [6.45, 7) is 3.22. The van der Waals surface area contributed by atoms with E-state index in [1.807, 2.05) is 18.0 Å². The van der Waals surface area contributed by atoms with E-state index in [-0.39, 0.29) is 30.1 Å². The highest BCUT2D eigenvalue weighted by molar-refractivity contribution is 5.77. The van der Waals surface area contributed by atoms with Crippen LogP contribution in [0.25, 0.3) is 0 Å². The molecule has 2 saturated heterocycles. The number of methoxy groups -OCH3 is 1. The Labute approximate surface area is 136 Å². The van der Waals surface area contributed by atoms with E-state index in [4.69, 9.17) is 9.47 Å². The van der Waals surface area contributed by atoms with E-state index in [1.54, 1.807) is 6.07 Å². The molecule has 2 atom stereocenters. The summed E-state index contributed by atoms with van der Waals surface area (Å²) >= 11 is 0. The van der Waals surface area contributed by atoms with Crippen LogP contribution in [0.2, 0.25) is 0 Å². The van der Waals surface area contributed by atoms with Crippen LogP contribution in [0, 0.1) is 11.7 Å². The number of ether oxygens (including phenoxy) is 2. The highest BCUT2D eigenvalue weighted by Gasteiger charge is 2.36. The van der Waals surface area contributed by atoms with Gasteiger partial charge in [-0.15, -0.1) is 0 Å². The van der Waals surface area contributed by atoms with Crippen molar-refractivity contribution in [3.8, 4) is 5.75 Å². The molecule has 6 heteroatoms. The number of rotatable bonds is 3. The largest absolute Gasteiger partial charge is 0.494 e. The zero-order valence-corrected chi connectivity index (χ0v) is 13.6. The molecule has 5 nitrogen and oxygen atoms in total. The van der Waals surface area contributed by atoms with E-state index in [9.17, 15) is 9.18 Å². The molecule has 3 rings (SSSR count). The second-order valence-electron chi connectivity index (χ2n) is 6.34. The Bertz CT molecular complexity index is 581. The average molecular weight is 322 g/mol. The van der Waals surface area contributed by atoms with E-state index in [0.29, 0.717) is 19.1 Å². The minimum Gasteiger partial charge on any atom is -0.494 e. The molecule has 0 spiro atoms. The summed E-state index contributed by atoms with van der Waals surface area (Å²) in [6, 6.07) is 5.24. The molecule has 1 aromatic rings. The lowest BCUT2D eigenvalue weighted by atomic mass is 9.91. The van der Waals surface area contributed by atoms with Crippen molar-refractivity contribution in [1.82, 2.24) is 9.80 Å². The minimum absolute atomic E-state index is 0.0369. The van der Waals surface area contributed by atoms with Gasteiger partial charge in [-0.3, -0.25) is 9.69 Å². The Morgan fingerprint density at radius 2 is 2.26 bits per heavy atom. The van der Waals surface area contributed by atoms with Crippen molar-refractivity contribution in [3.63, 3.8) is 0 Å². The molecule has 2 heterocycles. The van der Waals surface area contributed by atoms with Crippen molar-refractivity contribution in [1.29, 1.82) is 0 Å². The first kappa shape index (κ1) is 16.2. The maximum atomic E-state index is 13.8. The standard InChI is InChI=1S/C17H23FN2O3/c1-19-15-9-20(6-5-13(15)10-23-11-17(19)21)8-12-3-4-16(22-2)14(18)7-12/h3-4,7,13,15H,5-6,8-11H2,1-2H3/t13-,15-/m0/s1. The maximum absolute atomic E-state index is 13.8. The van der Waals surface area contributed by atoms with Gasteiger partial charge in [-0.1, -0.05) is 6.07 Å². The van der Waals surface area contributed by atoms with Crippen LogP contribution in [0.5, 0.6) is 5.75 Å². The maximum Gasteiger partial charge on any atom is 0.248 e. The van der Waals surface area contributed by atoms with Gasteiger partial charge in [-0.25, -0.2) is 4.39 Å². The van der Waals surface area contributed by atoms with Gasteiger partial charge in [0.1, 0.15) is 6.61 Å². The van der Waals surface area contributed by atoms with Crippen LogP contribution in [-0.4, -0.2) is 62.2 Å². The van der Waals surface area contributed by atoms with E-state index < -0.39 is 0 Å². The molecule has 1 aromatic carbocycles. The Morgan fingerprint density at radius 3 is 3.00 bits per heavy atom. The second-order valence-corrected chi connectivity index (χ2v) is 6.34. The molecule has 0 radical (unpaired) electrons. The van der Waals surface area contributed by atoms with Crippen LogP contribution in [0.1, 0.15) is 12.0 Å². The van der Waals surface area contributed by atoms with Crippen molar-refractivity contribution in [3.05, 3.63) is 29.6 Å². The fourth-order valence-corrected chi connectivity index (χ4v) is 3.47. The smallest absolute Gasteiger partial charge is 0.248 e. The summed E-state index contributed by atoms with van der Waals surface area (Å²) in [5.74, 6) is 0.346. The fraction of sp³-hybridized carbons (Fsp3) is 0.588. The molecule has 2 aliphatic rings. The number of likely N-dealkylation sites (tertiary alicyclic amines) is 1. The van der Waals surface area contributed by atoms with Gasteiger partial charge >= 0.3 is 0 Å². The average Bonchev–Trinajstić information content (AvgIpc) is 2.68. The lowest BCUT2D eigenvalue weighted by Crippen LogP contribution is -2.52. The van der Waals surface area contributed by atoms with Crippen LogP contribution in [0.4, 0.5) is 4.39 Å². The lowest BCUT2D eigenvalue weighted by molar-refractivity contribution is -0.134. The van der Waals surface area contributed by atoms with Gasteiger partial charge in [0.25, 0.3) is 0 Å². The van der Waals surface area contributed by atoms with E-state index in [2.05, 4.69) is 4.90 Å². The van der Waals surface area contributed by atoms with Crippen molar-refractivity contribution >= 4 is 5.91 Å². The van der Waals surface area contributed by atoms with Crippen LogP contribution in [0.15, 0.2) is 18.2 Å². The molecule has 0 aromatic heterocycles. The van der Waals surface area contributed by atoms with Crippen molar-refractivity contribution in [2.24, 2.45) is 5.92 Å². The molecular weight excluding hydrogens is 299 g/mol. The first-order valence-electron chi connectivity index (χ1n) is 7.96. The van der Waals surface area contributed by atoms with E-state index >= 15 is 0 Å². The molecule has 0 N–H and O–H groups in total. The summed E-state index contributed by atoms with van der Waals surface area (Å²) in [5, 5.41) is 0. The molecule has 2 aliphatic heterocycles. The number of likely N-dealkylation sites (N-methyl/N-ethyl adjacent to an activating group) is 1. The predicted octanol–water partition coefficient (Wildman–Crippen LogP) is 1.51. The highest BCUT2D eigenvalue weighted by Crippen LogP contribution is 2.26. The molecule has 0 unspecified atom stereocenters. The van der Waals surface area contributed by atoms with E-state index in [1.165, 1.54) is 13.2 Å². The van der Waals surface area contributed by atoms with Gasteiger partial charge in [0.05, 0.1) is 13.7 Å². The summed E-state index contributed by atoms with van der Waals surface area (Å²) in [6.07, 6.45) is 0.987. The predicted molar refractivity (Wildman–Crippen MR) is 83.7 cm³/mol. The molecule has 23 heavy (non-hydrogen) atoms. The van der Waals surface area contributed by atoms with Crippen molar-refractivity contribution in [2.75, 3.05) is 40.5 Å². The number of halogens is 1. The number of benzene rings is 1. The number of hydrogen-bond donors (Lipinski definition) is 0. The second kappa shape index (κ2) is 6.84. The highest BCUT2D eigenvalue weighted by atomic mass is 19.1. The third-order valence-electron chi connectivity index (χ3n) is 4.88. The van der Waals surface area contributed by atoms with Gasteiger partial charge in [0, 0.05) is 32.1 Å². The molecule has 0 bridgehead atoms. The first-order chi connectivity index (χ1) is 11.1. The van der Waals surface area contributed by atoms with Gasteiger partial charge in [-0.05, 0) is 30.7 Å². The molecule has 0 saturated carbocycles. The number of carbonyl (C=O) groups is 1. The summed E-state index contributed by atoms with van der Waals surface area (Å²) in [7, 11) is 3.31. The first-order valence-corrected chi connectivity index (χ1v) is 7.96. The Morgan fingerprint density at radius 1 is 1.43 bits per heavy atom. The number of amides is 1. The normalized spacial score (nSPS) is 25.9. The zero-order valence-electron chi connectivity index (χ0n) is 13.6. The third kappa shape index (κ3) is 3.48. The number of fused-ring (bicyclic) bond motifs is 1. The Balaban J connectivity index is 1.68. The molecular formula is C17H23FN2O3. The fourth-order valence-electron chi connectivity index (χ4n) is 3.47. The topological polar surface area (TPSA) is 42.0 Å². The number of nitrogens with zero attached hydrogens (tertiary/aromatic N) is 2. The Kier molecular flexibility index (Phi) is 4.82. The summed E-state index contributed by atoms with van der Waals surface area (Å²) in [4.78, 5) is 16.1. The third-order valence-corrected chi connectivity index (χ3v) is 4.88. The van der Waals surface area contributed by atoms with Crippen LogP contribution >= 0.6 is 0 Å². The monoisotopic (exact) mass is 322 g/mol. The van der Waals surface area contributed by atoms with Gasteiger partial charge < -0.3 is 14.4 Å². The quantitative estimate of drug-likeness (QED) is 0.846. The summed E-state index contributed by atoms with van der Waals surface area (Å²) < 4.78 is 24.2. The van der Waals surface area contributed by atoms with Gasteiger partial charge in [-0.2, -0.15) is 0 Å². The lowest BCUT2D eigenvalue weighted by Gasteiger charge is -2.41. The molecule has 0 aliphatic carbocycles. The van der Waals surface area contributed by atoms with E-state index in [0.717, 1.165) is 25.1 Å². The number of hydrogen-bond acceptors (Lipinski definition) is 4.